The first-order valence-electron chi connectivity index (χ1n) is 6.72. The molecule has 0 atom stereocenters. The molecule has 0 aliphatic rings. The van der Waals surface area contributed by atoms with Crippen molar-refractivity contribution < 1.29 is 13.0 Å². The van der Waals surface area contributed by atoms with Crippen LogP contribution in [0.15, 0.2) is 65.7 Å². The minimum absolute atomic E-state index is 0.181. The Morgan fingerprint density at radius 2 is 1.77 bits per heavy atom. The Bertz CT molecular complexity index is 935. The van der Waals surface area contributed by atoms with Crippen molar-refractivity contribution in [1.29, 1.82) is 0 Å². The number of nitrogens with zero attached hydrogens (tertiary/aromatic N) is 1. The van der Waals surface area contributed by atoms with Crippen LogP contribution in [0.1, 0.15) is 0 Å². The van der Waals surface area contributed by atoms with Crippen LogP contribution in [-0.2, 0) is 17.1 Å². The van der Waals surface area contributed by atoms with Gasteiger partial charge in [-0.3, -0.25) is 4.72 Å². The van der Waals surface area contributed by atoms with E-state index in [-0.39, 0.29) is 4.90 Å². The molecule has 0 aliphatic carbocycles. The van der Waals surface area contributed by atoms with E-state index in [9.17, 15) is 8.42 Å². The summed E-state index contributed by atoms with van der Waals surface area (Å²) >= 11 is 0. The molecule has 0 saturated heterocycles. The van der Waals surface area contributed by atoms with Gasteiger partial charge in [-0.25, -0.2) is 13.0 Å². The van der Waals surface area contributed by atoms with Crippen molar-refractivity contribution in [2.75, 3.05) is 10.5 Å². The summed E-state index contributed by atoms with van der Waals surface area (Å²) in [6, 6.07) is 15.4. The van der Waals surface area contributed by atoms with E-state index in [0.717, 1.165) is 10.9 Å². The summed E-state index contributed by atoms with van der Waals surface area (Å²) in [4.78, 5) is 0.181. The zero-order valence-corrected chi connectivity index (χ0v) is 12.8. The Labute approximate surface area is 129 Å². The van der Waals surface area contributed by atoms with E-state index < -0.39 is 10.0 Å². The average Bonchev–Trinajstić information content (AvgIpc) is 2.47. The third-order valence-corrected chi connectivity index (χ3v) is 4.83. The molecule has 6 heteroatoms. The Kier molecular flexibility index (Phi) is 3.46. The van der Waals surface area contributed by atoms with Crippen molar-refractivity contribution in [1.82, 2.24) is 0 Å². The van der Waals surface area contributed by atoms with Crippen LogP contribution in [0.5, 0.6) is 0 Å². The summed E-state index contributed by atoms with van der Waals surface area (Å²) in [5.41, 5.74) is 7.66. The molecule has 5 nitrogen and oxygen atoms in total. The molecule has 3 rings (SSSR count). The van der Waals surface area contributed by atoms with Crippen LogP contribution in [0, 0.1) is 0 Å². The highest BCUT2D eigenvalue weighted by Crippen LogP contribution is 2.20. The topological polar surface area (TPSA) is 76.1 Å². The molecule has 2 aromatic carbocycles. The lowest BCUT2D eigenvalue weighted by Crippen LogP contribution is -2.27. The molecule has 112 valence electrons. The van der Waals surface area contributed by atoms with E-state index in [4.69, 9.17) is 5.73 Å². The van der Waals surface area contributed by atoms with Gasteiger partial charge in [-0.05, 0) is 42.5 Å². The number of fused-ring (bicyclic) bond motifs is 1. The number of pyridine rings is 1. The quantitative estimate of drug-likeness (QED) is 0.574. The van der Waals surface area contributed by atoms with Gasteiger partial charge >= 0.3 is 0 Å². The summed E-state index contributed by atoms with van der Waals surface area (Å²) in [5, 5.41) is 0.961. The van der Waals surface area contributed by atoms with Crippen LogP contribution in [0.25, 0.3) is 10.9 Å². The second-order valence-electron chi connectivity index (χ2n) is 5.07. The van der Waals surface area contributed by atoms with Crippen LogP contribution in [0.2, 0.25) is 0 Å². The maximum absolute atomic E-state index is 12.4. The number of aryl methyl sites for hydroxylation is 1. The van der Waals surface area contributed by atoms with Crippen molar-refractivity contribution in [2.24, 2.45) is 7.05 Å². The van der Waals surface area contributed by atoms with Gasteiger partial charge in [0, 0.05) is 28.9 Å². The van der Waals surface area contributed by atoms with Gasteiger partial charge in [0.05, 0.1) is 4.90 Å². The number of aromatic nitrogens is 1. The Hall–Kier alpha value is -2.60. The van der Waals surface area contributed by atoms with Crippen molar-refractivity contribution in [2.45, 2.75) is 4.90 Å². The Morgan fingerprint density at radius 3 is 2.50 bits per heavy atom. The molecule has 0 amide bonds. The van der Waals surface area contributed by atoms with E-state index in [0.29, 0.717) is 11.4 Å². The zero-order valence-electron chi connectivity index (χ0n) is 12.0. The lowest BCUT2D eigenvalue weighted by Gasteiger charge is -2.08. The number of nitrogens with two attached hydrogens (primary N) is 1. The molecule has 0 unspecified atom stereocenters. The van der Waals surface area contributed by atoms with Gasteiger partial charge in [0.1, 0.15) is 7.05 Å². The highest BCUT2D eigenvalue weighted by Gasteiger charge is 2.14. The molecular formula is C16H16N3O2S+. The van der Waals surface area contributed by atoms with Crippen molar-refractivity contribution in [3.63, 3.8) is 0 Å². The molecule has 0 bridgehead atoms. The standard InChI is InChI=1S/C16H16N3O2S/c1-19-10-2-3-12-11-14(6-9-16(12)19)18-22(20,21)15-7-4-13(17)5-8-15/h2-11,18H,17H2,1H3/q+1. The second kappa shape index (κ2) is 5.31. The van der Waals surface area contributed by atoms with E-state index >= 15 is 0 Å². The van der Waals surface area contributed by atoms with E-state index in [2.05, 4.69) is 4.72 Å². The molecule has 1 aromatic heterocycles. The predicted molar refractivity (Wildman–Crippen MR) is 86.8 cm³/mol. The molecular weight excluding hydrogens is 298 g/mol. The largest absolute Gasteiger partial charge is 0.399 e. The molecule has 3 N–H and O–H groups in total. The minimum atomic E-state index is -3.62. The zero-order chi connectivity index (χ0) is 15.7. The Morgan fingerprint density at radius 1 is 1.05 bits per heavy atom. The molecule has 3 aromatic rings. The number of nitrogens with one attached hydrogen (secondary N) is 1. The van der Waals surface area contributed by atoms with Gasteiger partial charge in [0.25, 0.3) is 10.0 Å². The smallest absolute Gasteiger partial charge is 0.261 e. The molecule has 1 heterocycles. The van der Waals surface area contributed by atoms with Crippen molar-refractivity contribution in [3.05, 3.63) is 60.8 Å². The van der Waals surface area contributed by atoms with Crippen LogP contribution in [0.3, 0.4) is 0 Å². The van der Waals surface area contributed by atoms with Crippen molar-refractivity contribution >= 4 is 32.3 Å². The Balaban J connectivity index is 1.97. The third-order valence-electron chi connectivity index (χ3n) is 3.44. The lowest BCUT2D eigenvalue weighted by molar-refractivity contribution is -0.644. The first kappa shape index (κ1) is 14.3. The molecule has 0 fully saturated rings. The SMILES string of the molecule is C[n+]1cccc2cc(NS(=O)(=O)c3ccc(N)cc3)ccc21. The lowest BCUT2D eigenvalue weighted by atomic mass is 10.2. The number of nitrogen functional groups attached to an aromatic ring is 1. The summed E-state index contributed by atoms with van der Waals surface area (Å²) in [6.07, 6.45) is 1.94. The second-order valence-corrected chi connectivity index (χ2v) is 6.75. The molecule has 0 radical (unpaired) electrons. The third kappa shape index (κ3) is 2.73. The van der Waals surface area contributed by atoms with Crippen LogP contribution < -0.4 is 15.0 Å². The summed E-state index contributed by atoms with van der Waals surface area (Å²) < 4.78 is 29.3. The first-order valence-corrected chi connectivity index (χ1v) is 8.21. The van der Waals surface area contributed by atoms with Gasteiger partial charge in [-0.2, -0.15) is 0 Å². The van der Waals surface area contributed by atoms with E-state index in [1.165, 1.54) is 12.1 Å². The number of sulfonamides is 1. The number of benzene rings is 2. The fraction of sp³-hybridized carbons (Fsp3) is 0.0625. The van der Waals surface area contributed by atoms with Crippen molar-refractivity contribution in [3.8, 4) is 0 Å². The van der Waals surface area contributed by atoms with Gasteiger partial charge in [0.2, 0.25) is 5.52 Å². The first-order chi connectivity index (χ1) is 10.5. The summed E-state index contributed by atoms with van der Waals surface area (Å²) in [7, 11) is -1.68. The summed E-state index contributed by atoms with van der Waals surface area (Å²) in [6.45, 7) is 0. The van der Waals surface area contributed by atoms with E-state index in [1.54, 1.807) is 18.2 Å². The molecule has 0 saturated carbocycles. The number of anilines is 2. The maximum atomic E-state index is 12.4. The fourth-order valence-corrected chi connectivity index (χ4v) is 3.34. The monoisotopic (exact) mass is 314 g/mol. The highest BCUT2D eigenvalue weighted by atomic mass is 32.2. The van der Waals surface area contributed by atoms with Gasteiger partial charge < -0.3 is 5.73 Å². The molecule has 0 aliphatic heterocycles. The van der Waals surface area contributed by atoms with Crippen LogP contribution in [0.4, 0.5) is 11.4 Å². The number of hydrogen-bond donors (Lipinski definition) is 2. The molecule has 0 spiro atoms. The molecule has 22 heavy (non-hydrogen) atoms. The predicted octanol–water partition coefficient (Wildman–Crippen LogP) is 2.05. The fourth-order valence-electron chi connectivity index (χ4n) is 2.29. The average molecular weight is 314 g/mol. The number of rotatable bonds is 3. The van der Waals surface area contributed by atoms with Gasteiger partial charge in [-0.1, -0.05) is 0 Å². The van der Waals surface area contributed by atoms with Gasteiger partial charge in [-0.15, -0.1) is 0 Å². The maximum Gasteiger partial charge on any atom is 0.261 e. The normalized spacial score (nSPS) is 11.5. The minimum Gasteiger partial charge on any atom is -0.399 e. The highest BCUT2D eigenvalue weighted by molar-refractivity contribution is 7.92. The van der Waals surface area contributed by atoms with E-state index in [1.807, 2.05) is 42.1 Å². The van der Waals surface area contributed by atoms with Crippen LogP contribution in [-0.4, -0.2) is 8.42 Å². The van der Waals surface area contributed by atoms with Gasteiger partial charge in [0.15, 0.2) is 6.20 Å². The van der Waals surface area contributed by atoms with Crippen LogP contribution >= 0.6 is 0 Å². The number of hydrogen-bond acceptors (Lipinski definition) is 3. The summed E-state index contributed by atoms with van der Waals surface area (Å²) in [5.74, 6) is 0.